The second-order valence-corrected chi connectivity index (χ2v) is 6.48. The molecular formula is C17H26N2O2. The standard InChI is InChI=1S/C17H26N2O2/c1-17(16(20)21,14-8-5-4-6-9-14)13-19(3)15-10-7-11-18(2)12-15/h4-6,8-9,15H,7,10-13H2,1-3H3,(H,20,21). The Morgan fingerprint density at radius 3 is 2.67 bits per heavy atom. The second-order valence-electron chi connectivity index (χ2n) is 6.48. The van der Waals surface area contributed by atoms with E-state index in [0.29, 0.717) is 12.6 Å². The van der Waals surface area contributed by atoms with Crippen molar-refractivity contribution in [2.45, 2.75) is 31.2 Å². The van der Waals surface area contributed by atoms with E-state index in [9.17, 15) is 9.90 Å². The Bertz CT molecular complexity index is 477. The van der Waals surface area contributed by atoms with E-state index in [1.165, 1.54) is 6.42 Å². The molecule has 1 aromatic rings. The maximum atomic E-state index is 11.9. The molecule has 21 heavy (non-hydrogen) atoms. The fourth-order valence-corrected chi connectivity index (χ4v) is 3.22. The van der Waals surface area contributed by atoms with Crippen molar-refractivity contribution < 1.29 is 9.90 Å². The molecule has 1 fully saturated rings. The number of rotatable bonds is 5. The number of nitrogens with zero attached hydrogens (tertiary/aromatic N) is 2. The first-order valence-corrected chi connectivity index (χ1v) is 7.61. The van der Waals surface area contributed by atoms with E-state index in [0.717, 1.165) is 25.1 Å². The van der Waals surface area contributed by atoms with E-state index in [1.54, 1.807) is 0 Å². The summed E-state index contributed by atoms with van der Waals surface area (Å²) in [5.41, 5.74) is -0.0000248. The lowest BCUT2D eigenvalue weighted by atomic mass is 9.81. The molecule has 1 saturated heterocycles. The fraction of sp³-hybridized carbons (Fsp3) is 0.588. The molecule has 0 radical (unpaired) electrons. The predicted octanol–water partition coefficient (Wildman–Crippen LogP) is 2.05. The Kier molecular flexibility index (Phi) is 5.01. The topological polar surface area (TPSA) is 43.8 Å². The molecule has 0 amide bonds. The molecule has 0 bridgehead atoms. The number of carbonyl (C=O) groups is 1. The monoisotopic (exact) mass is 290 g/mol. The van der Waals surface area contributed by atoms with Crippen molar-refractivity contribution in [3.05, 3.63) is 35.9 Å². The largest absolute Gasteiger partial charge is 0.481 e. The summed E-state index contributed by atoms with van der Waals surface area (Å²) in [4.78, 5) is 16.4. The highest BCUT2D eigenvalue weighted by atomic mass is 16.4. The van der Waals surface area contributed by atoms with Gasteiger partial charge < -0.3 is 14.9 Å². The Morgan fingerprint density at radius 2 is 2.10 bits per heavy atom. The summed E-state index contributed by atoms with van der Waals surface area (Å²) in [5.74, 6) is -0.760. The summed E-state index contributed by atoms with van der Waals surface area (Å²) < 4.78 is 0. The van der Waals surface area contributed by atoms with Gasteiger partial charge in [-0.1, -0.05) is 30.3 Å². The molecular weight excluding hydrogens is 264 g/mol. The van der Waals surface area contributed by atoms with Crippen LogP contribution < -0.4 is 0 Å². The van der Waals surface area contributed by atoms with Crippen LogP contribution in [0.4, 0.5) is 0 Å². The number of benzene rings is 1. The van der Waals surface area contributed by atoms with E-state index >= 15 is 0 Å². The van der Waals surface area contributed by atoms with Crippen molar-refractivity contribution in [2.75, 3.05) is 33.7 Å². The quantitative estimate of drug-likeness (QED) is 0.901. The number of carboxylic acids is 1. The van der Waals surface area contributed by atoms with Crippen LogP contribution in [0.3, 0.4) is 0 Å². The second kappa shape index (κ2) is 6.58. The van der Waals surface area contributed by atoms with Gasteiger partial charge in [0.1, 0.15) is 5.41 Å². The molecule has 2 atom stereocenters. The molecule has 2 unspecified atom stereocenters. The molecule has 0 aliphatic carbocycles. The molecule has 0 aromatic heterocycles. The SMILES string of the molecule is CN1CCCC(N(C)CC(C)(C(=O)O)c2ccccc2)C1. The van der Waals surface area contributed by atoms with E-state index < -0.39 is 11.4 Å². The van der Waals surface area contributed by atoms with Gasteiger partial charge in [0.25, 0.3) is 0 Å². The van der Waals surface area contributed by atoms with E-state index in [-0.39, 0.29) is 0 Å². The molecule has 0 spiro atoms. The third-order valence-corrected chi connectivity index (χ3v) is 4.67. The smallest absolute Gasteiger partial charge is 0.315 e. The maximum absolute atomic E-state index is 11.9. The van der Waals surface area contributed by atoms with Crippen molar-refractivity contribution in [1.82, 2.24) is 9.80 Å². The van der Waals surface area contributed by atoms with Gasteiger partial charge in [-0.05, 0) is 46.0 Å². The highest BCUT2D eigenvalue weighted by Crippen LogP contribution is 2.27. The average Bonchev–Trinajstić information content (AvgIpc) is 2.47. The number of aliphatic carboxylic acids is 1. The van der Waals surface area contributed by atoms with E-state index in [2.05, 4.69) is 16.8 Å². The number of hydrogen-bond acceptors (Lipinski definition) is 3. The first-order chi connectivity index (χ1) is 9.93. The molecule has 1 N–H and O–H groups in total. The summed E-state index contributed by atoms with van der Waals surface area (Å²) in [6, 6.07) is 10.00. The Labute approximate surface area is 127 Å². The normalized spacial score (nSPS) is 23.0. The molecule has 4 nitrogen and oxygen atoms in total. The van der Waals surface area contributed by atoms with Gasteiger partial charge in [0.15, 0.2) is 0 Å². The lowest BCUT2D eigenvalue weighted by molar-refractivity contribution is -0.144. The molecule has 1 aromatic carbocycles. The first kappa shape index (κ1) is 16.0. The maximum Gasteiger partial charge on any atom is 0.315 e. The van der Waals surface area contributed by atoms with Crippen LogP contribution >= 0.6 is 0 Å². The minimum atomic E-state index is -0.869. The van der Waals surface area contributed by atoms with Crippen LogP contribution in [-0.4, -0.2) is 60.6 Å². The number of hydrogen-bond donors (Lipinski definition) is 1. The zero-order chi connectivity index (χ0) is 15.5. The number of likely N-dealkylation sites (N-methyl/N-ethyl adjacent to an activating group) is 2. The number of likely N-dealkylation sites (tertiary alicyclic amines) is 1. The average molecular weight is 290 g/mol. The minimum Gasteiger partial charge on any atom is -0.481 e. The van der Waals surface area contributed by atoms with Crippen LogP contribution in [0.2, 0.25) is 0 Å². The molecule has 116 valence electrons. The van der Waals surface area contributed by atoms with Crippen LogP contribution in [0.15, 0.2) is 30.3 Å². The van der Waals surface area contributed by atoms with E-state index in [4.69, 9.17) is 0 Å². The Morgan fingerprint density at radius 1 is 1.43 bits per heavy atom. The van der Waals surface area contributed by atoms with Gasteiger partial charge in [-0.2, -0.15) is 0 Å². The van der Waals surface area contributed by atoms with Crippen LogP contribution in [0.5, 0.6) is 0 Å². The zero-order valence-corrected chi connectivity index (χ0v) is 13.2. The van der Waals surface area contributed by atoms with Gasteiger partial charge in [-0.25, -0.2) is 0 Å². The highest BCUT2D eigenvalue weighted by molar-refractivity contribution is 5.81. The van der Waals surface area contributed by atoms with Gasteiger partial charge in [0.05, 0.1) is 0 Å². The lowest BCUT2D eigenvalue weighted by Crippen LogP contribution is -2.51. The van der Waals surface area contributed by atoms with Crippen LogP contribution in [0, 0.1) is 0 Å². The van der Waals surface area contributed by atoms with Gasteiger partial charge in [-0.3, -0.25) is 4.79 Å². The first-order valence-electron chi connectivity index (χ1n) is 7.61. The Hall–Kier alpha value is -1.39. The minimum absolute atomic E-state index is 0.436. The third-order valence-electron chi connectivity index (χ3n) is 4.67. The molecule has 4 heteroatoms. The van der Waals surface area contributed by atoms with Crippen molar-refractivity contribution in [2.24, 2.45) is 0 Å². The van der Waals surface area contributed by atoms with Crippen molar-refractivity contribution in [1.29, 1.82) is 0 Å². The van der Waals surface area contributed by atoms with Gasteiger partial charge >= 0.3 is 5.97 Å². The van der Waals surface area contributed by atoms with Crippen LogP contribution in [-0.2, 0) is 10.2 Å². The summed E-state index contributed by atoms with van der Waals surface area (Å²) >= 11 is 0. The van der Waals surface area contributed by atoms with E-state index in [1.807, 2.05) is 44.3 Å². The zero-order valence-electron chi connectivity index (χ0n) is 13.2. The van der Waals surface area contributed by atoms with Crippen molar-refractivity contribution in [3.8, 4) is 0 Å². The summed E-state index contributed by atoms with van der Waals surface area (Å²) in [6.07, 6.45) is 2.33. The highest BCUT2D eigenvalue weighted by Gasteiger charge is 2.38. The Balaban J connectivity index is 2.14. The van der Waals surface area contributed by atoms with Gasteiger partial charge in [0.2, 0.25) is 0 Å². The van der Waals surface area contributed by atoms with Crippen LogP contribution in [0.25, 0.3) is 0 Å². The van der Waals surface area contributed by atoms with Gasteiger partial charge in [-0.15, -0.1) is 0 Å². The summed E-state index contributed by atoms with van der Waals surface area (Å²) in [6.45, 7) is 4.51. The molecule has 1 heterocycles. The molecule has 2 rings (SSSR count). The fourth-order valence-electron chi connectivity index (χ4n) is 3.22. The summed E-state index contributed by atoms with van der Waals surface area (Å²) in [7, 11) is 4.18. The molecule has 1 aliphatic heterocycles. The number of piperidine rings is 1. The molecule has 1 aliphatic rings. The predicted molar refractivity (Wildman–Crippen MR) is 84.6 cm³/mol. The van der Waals surface area contributed by atoms with Crippen LogP contribution in [0.1, 0.15) is 25.3 Å². The summed E-state index contributed by atoms with van der Waals surface area (Å²) in [5, 5.41) is 9.75. The van der Waals surface area contributed by atoms with Crippen molar-refractivity contribution >= 4 is 5.97 Å². The third kappa shape index (κ3) is 3.63. The lowest BCUT2D eigenvalue weighted by Gasteiger charge is -2.39. The number of carboxylic acid groups (broad SMARTS) is 1. The molecule has 0 saturated carbocycles. The van der Waals surface area contributed by atoms with Crippen molar-refractivity contribution in [3.63, 3.8) is 0 Å². The van der Waals surface area contributed by atoms with Gasteiger partial charge in [0, 0.05) is 19.1 Å².